The normalized spacial score (nSPS) is 17.0. The summed E-state index contributed by atoms with van der Waals surface area (Å²) >= 11 is 5.95. The van der Waals surface area contributed by atoms with Crippen molar-refractivity contribution in [3.63, 3.8) is 0 Å². The second kappa shape index (κ2) is 6.10. The largest absolute Gasteiger partial charge is 0.325 e. The summed E-state index contributed by atoms with van der Waals surface area (Å²) < 4.78 is 0. The Morgan fingerprint density at radius 3 is 2.90 bits per heavy atom. The van der Waals surface area contributed by atoms with Crippen molar-refractivity contribution in [1.29, 1.82) is 0 Å². The SMILES string of the molecule is O=C1Nc2ccccc2[C@H]1C=NCCc1cccc(Cl)c1. The molecule has 0 bridgehead atoms. The molecule has 0 spiro atoms. The van der Waals surface area contributed by atoms with Gasteiger partial charge in [0.05, 0.1) is 0 Å². The Morgan fingerprint density at radius 2 is 2.05 bits per heavy atom. The summed E-state index contributed by atoms with van der Waals surface area (Å²) in [5.74, 6) is -0.289. The van der Waals surface area contributed by atoms with Crippen LogP contribution < -0.4 is 5.32 Å². The third kappa shape index (κ3) is 3.14. The number of hydrogen-bond acceptors (Lipinski definition) is 2. The molecule has 3 rings (SSSR count). The number of carbonyl (C=O) groups is 1. The second-order valence-corrected chi connectivity index (χ2v) is 5.43. The minimum absolute atomic E-state index is 0.0114. The van der Waals surface area contributed by atoms with Crippen molar-refractivity contribution in [2.75, 3.05) is 11.9 Å². The number of rotatable bonds is 4. The van der Waals surface area contributed by atoms with Crippen LogP contribution in [0.2, 0.25) is 5.02 Å². The molecule has 1 heterocycles. The summed E-state index contributed by atoms with van der Waals surface area (Å²) in [5, 5.41) is 3.60. The van der Waals surface area contributed by atoms with Gasteiger partial charge in [-0.3, -0.25) is 9.79 Å². The van der Waals surface area contributed by atoms with Crippen molar-refractivity contribution in [3.05, 3.63) is 64.7 Å². The number of hydrogen-bond donors (Lipinski definition) is 1. The molecule has 1 aliphatic heterocycles. The Hall–Kier alpha value is -2.13. The highest BCUT2D eigenvalue weighted by atomic mass is 35.5. The van der Waals surface area contributed by atoms with Gasteiger partial charge in [0, 0.05) is 23.5 Å². The first-order valence-corrected chi connectivity index (χ1v) is 7.26. The van der Waals surface area contributed by atoms with Crippen molar-refractivity contribution in [3.8, 4) is 0 Å². The van der Waals surface area contributed by atoms with Gasteiger partial charge in [0.15, 0.2) is 0 Å². The van der Waals surface area contributed by atoms with E-state index in [2.05, 4.69) is 10.3 Å². The molecule has 1 atom stereocenters. The van der Waals surface area contributed by atoms with E-state index < -0.39 is 0 Å². The minimum atomic E-state index is -0.277. The monoisotopic (exact) mass is 298 g/mol. The molecule has 1 N–H and O–H groups in total. The van der Waals surface area contributed by atoms with Gasteiger partial charge in [-0.1, -0.05) is 41.9 Å². The number of halogens is 1. The predicted octanol–water partition coefficient (Wildman–Crippen LogP) is 3.69. The van der Waals surface area contributed by atoms with E-state index >= 15 is 0 Å². The maximum atomic E-state index is 11.9. The van der Waals surface area contributed by atoms with Crippen LogP contribution in [0.3, 0.4) is 0 Å². The van der Waals surface area contributed by atoms with Crippen LogP contribution in [0.25, 0.3) is 0 Å². The van der Waals surface area contributed by atoms with Crippen molar-refractivity contribution >= 4 is 29.4 Å². The first-order valence-electron chi connectivity index (χ1n) is 6.88. The summed E-state index contributed by atoms with van der Waals surface area (Å²) in [4.78, 5) is 16.3. The highest BCUT2D eigenvalue weighted by Crippen LogP contribution is 2.30. The average Bonchev–Trinajstić information content (AvgIpc) is 2.79. The minimum Gasteiger partial charge on any atom is -0.325 e. The van der Waals surface area contributed by atoms with Gasteiger partial charge in [-0.05, 0) is 35.7 Å². The lowest BCUT2D eigenvalue weighted by atomic mass is 10.0. The quantitative estimate of drug-likeness (QED) is 0.859. The fraction of sp³-hybridized carbons (Fsp3) is 0.176. The number of nitrogens with zero attached hydrogens (tertiary/aromatic N) is 1. The lowest BCUT2D eigenvalue weighted by Gasteiger charge is -2.02. The summed E-state index contributed by atoms with van der Waals surface area (Å²) in [6.45, 7) is 0.645. The molecule has 106 valence electrons. The Morgan fingerprint density at radius 1 is 1.19 bits per heavy atom. The molecule has 0 fully saturated rings. The zero-order chi connectivity index (χ0) is 14.7. The number of anilines is 1. The molecule has 0 unspecified atom stereocenters. The molecule has 0 aliphatic carbocycles. The summed E-state index contributed by atoms with van der Waals surface area (Å²) in [7, 11) is 0. The van der Waals surface area contributed by atoms with E-state index in [1.54, 1.807) is 6.21 Å². The van der Waals surface area contributed by atoms with Gasteiger partial charge in [0.2, 0.25) is 5.91 Å². The Bertz CT molecular complexity index is 697. The number of amides is 1. The van der Waals surface area contributed by atoms with Crippen LogP contribution >= 0.6 is 11.6 Å². The van der Waals surface area contributed by atoms with E-state index in [4.69, 9.17) is 11.6 Å². The van der Waals surface area contributed by atoms with Gasteiger partial charge in [-0.25, -0.2) is 0 Å². The third-order valence-electron chi connectivity index (χ3n) is 3.51. The van der Waals surface area contributed by atoms with Crippen molar-refractivity contribution in [2.45, 2.75) is 12.3 Å². The molecule has 1 aliphatic rings. The van der Waals surface area contributed by atoms with Crippen LogP contribution in [-0.4, -0.2) is 18.7 Å². The molecule has 2 aromatic rings. The topological polar surface area (TPSA) is 41.5 Å². The standard InChI is InChI=1S/C17H15ClN2O/c18-13-5-3-4-12(10-13)8-9-19-11-15-14-6-1-2-7-16(14)20-17(15)21/h1-7,10-11,15H,8-9H2,(H,20,21)/t15-/m1/s1. The van der Waals surface area contributed by atoms with Crippen LogP contribution in [0.5, 0.6) is 0 Å². The van der Waals surface area contributed by atoms with Gasteiger partial charge < -0.3 is 5.32 Å². The molecule has 0 aromatic heterocycles. The first kappa shape index (κ1) is 13.8. The first-order chi connectivity index (χ1) is 10.2. The summed E-state index contributed by atoms with van der Waals surface area (Å²) in [5.41, 5.74) is 3.03. The van der Waals surface area contributed by atoms with Crippen molar-refractivity contribution in [1.82, 2.24) is 0 Å². The Labute approximate surface area is 128 Å². The number of nitrogens with one attached hydrogen (secondary N) is 1. The van der Waals surface area contributed by atoms with Crippen molar-refractivity contribution < 1.29 is 4.79 Å². The number of aliphatic imine (C=N–C) groups is 1. The Balaban J connectivity index is 1.63. The number of para-hydroxylation sites is 1. The molecule has 3 nitrogen and oxygen atoms in total. The lowest BCUT2D eigenvalue weighted by Crippen LogP contribution is -2.13. The van der Waals surface area contributed by atoms with Crippen molar-refractivity contribution in [2.24, 2.45) is 4.99 Å². The zero-order valence-corrected chi connectivity index (χ0v) is 12.2. The summed E-state index contributed by atoms with van der Waals surface area (Å²) in [6, 6.07) is 15.5. The molecule has 0 saturated heterocycles. The van der Waals surface area contributed by atoms with Gasteiger partial charge in [-0.15, -0.1) is 0 Å². The van der Waals surface area contributed by atoms with Crippen LogP contribution in [0.4, 0.5) is 5.69 Å². The number of fused-ring (bicyclic) bond motifs is 1. The van der Waals surface area contributed by atoms with E-state index in [9.17, 15) is 4.79 Å². The molecule has 0 saturated carbocycles. The van der Waals surface area contributed by atoms with Gasteiger partial charge >= 0.3 is 0 Å². The number of carbonyl (C=O) groups excluding carboxylic acids is 1. The fourth-order valence-corrected chi connectivity index (χ4v) is 2.66. The van der Waals surface area contributed by atoms with Gasteiger partial charge in [-0.2, -0.15) is 0 Å². The lowest BCUT2D eigenvalue weighted by molar-refractivity contribution is -0.115. The molecule has 21 heavy (non-hydrogen) atoms. The molecule has 2 aromatic carbocycles. The number of benzene rings is 2. The maximum Gasteiger partial charge on any atom is 0.237 e. The maximum absolute atomic E-state index is 11.9. The highest BCUT2D eigenvalue weighted by Gasteiger charge is 2.28. The average molecular weight is 299 g/mol. The van der Waals surface area contributed by atoms with E-state index in [1.807, 2.05) is 48.5 Å². The molecule has 4 heteroatoms. The smallest absolute Gasteiger partial charge is 0.237 e. The van der Waals surface area contributed by atoms with Gasteiger partial charge in [0.1, 0.15) is 5.92 Å². The summed E-state index contributed by atoms with van der Waals surface area (Å²) in [6.07, 6.45) is 2.55. The van der Waals surface area contributed by atoms with E-state index in [0.717, 1.165) is 28.3 Å². The molecular weight excluding hydrogens is 284 g/mol. The van der Waals surface area contributed by atoms with Crippen LogP contribution in [-0.2, 0) is 11.2 Å². The van der Waals surface area contributed by atoms with Crippen LogP contribution in [0.15, 0.2) is 53.5 Å². The molecule has 0 radical (unpaired) electrons. The molecule has 1 amide bonds. The zero-order valence-electron chi connectivity index (χ0n) is 11.4. The second-order valence-electron chi connectivity index (χ2n) is 4.99. The van der Waals surface area contributed by atoms with E-state index in [-0.39, 0.29) is 11.8 Å². The fourth-order valence-electron chi connectivity index (χ4n) is 2.45. The van der Waals surface area contributed by atoms with E-state index in [0.29, 0.717) is 6.54 Å². The third-order valence-corrected chi connectivity index (χ3v) is 3.74. The predicted molar refractivity (Wildman–Crippen MR) is 86.3 cm³/mol. The van der Waals surface area contributed by atoms with Crippen LogP contribution in [0.1, 0.15) is 17.0 Å². The van der Waals surface area contributed by atoms with Crippen LogP contribution in [0, 0.1) is 0 Å². The van der Waals surface area contributed by atoms with E-state index in [1.165, 1.54) is 0 Å². The highest BCUT2D eigenvalue weighted by molar-refractivity contribution is 6.30. The van der Waals surface area contributed by atoms with Gasteiger partial charge in [0.25, 0.3) is 0 Å². The molecular formula is C17H15ClN2O. The Kier molecular flexibility index (Phi) is 4.02.